The monoisotopic (exact) mass is 240 g/mol. The highest BCUT2D eigenvalue weighted by molar-refractivity contribution is 5.42. The van der Waals surface area contributed by atoms with Crippen LogP contribution in [0.1, 0.15) is 43.5 Å². The fraction of sp³-hybridized carbons (Fsp3) is 0.429. The molecule has 92 valence electrons. The Morgan fingerprint density at radius 2 is 2.06 bits per heavy atom. The molecule has 0 spiro atoms. The molecule has 0 saturated heterocycles. The molecule has 0 bridgehead atoms. The molecular formula is C14H15F3. The van der Waals surface area contributed by atoms with Crippen molar-refractivity contribution >= 4 is 0 Å². The van der Waals surface area contributed by atoms with E-state index in [0.29, 0.717) is 24.0 Å². The van der Waals surface area contributed by atoms with Gasteiger partial charge in [0, 0.05) is 5.56 Å². The highest BCUT2D eigenvalue weighted by Crippen LogP contribution is 2.40. The van der Waals surface area contributed by atoms with E-state index in [-0.39, 0.29) is 5.56 Å². The van der Waals surface area contributed by atoms with Crippen LogP contribution in [0.5, 0.6) is 0 Å². The van der Waals surface area contributed by atoms with E-state index < -0.39 is 17.8 Å². The summed E-state index contributed by atoms with van der Waals surface area (Å²) in [6.07, 6.45) is 0.730. The van der Waals surface area contributed by atoms with Gasteiger partial charge in [-0.3, -0.25) is 0 Å². The van der Waals surface area contributed by atoms with E-state index in [1.807, 2.05) is 6.92 Å². The van der Waals surface area contributed by atoms with Crippen LogP contribution >= 0.6 is 0 Å². The standard InChI is InChI=1S/C14H15F3/c1-2-3-5-10-8-9-6-4-7-11(15)12(9)14(17)13(10)16/h4,6-7,14H,2-3,5,8H2,1H3. The lowest BCUT2D eigenvalue weighted by molar-refractivity contribution is 0.310. The largest absolute Gasteiger partial charge is 0.234 e. The van der Waals surface area contributed by atoms with Crippen LogP contribution in [0.3, 0.4) is 0 Å². The number of allylic oxidation sites excluding steroid dienone is 2. The fourth-order valence-corrected chi connectivity index (χ4v) is 2.24. The minimum atomic E-state index is -1.92. The zero-order valence-electron chi connectivity index (χ0n) is 9.77. The molecule has 3 heteroatoms. The molecule has 0 fully saturated rings. The molecular weight excluding hydrogens is 225 g/mol. The van der Waals surface area contributed by atoms with Crippen LogP contribution in [0.4, 0.5) is 13.2 Å². The van der Waals surface area contributed by atoms with E-state index >= 15 is 0 Å². The SMILES string of the molecule is CCCCC1=C(F)C(F)c2c(F)cccc2C1. The minimum absolute atomic E-state index is 0.120. The quantitative estimate of drug-likeness (QED) is 0.711. The van der Waals surface area contributed by atoms with Gasteiger partial charge in [-0.05, 0) is 36.5 Å². The van der Waals surface area contributed by atoms with Gasteiger partial charge in [-0.15, -0.1) is 0 Å². The van der Waals surface area contributed by atoms with Gasteiger partial charge in [-0.25, -0.2) is 13.2 Å². The van der Waals surface area contributed by atoms with Gasteiger partial charge in [0.25, 0.3) is 0 Å². The normalized spacial score (nSPS) is 19.4. The van der Waals surface area contributed by atoms with Gasteiger partial charge in [0.05, 0.1) is 0 Å². The Morgan fingerprint density at radius 1 is 1.29 bits per heavy atom. The molecule has 2 rings (SSSR count). The third kappa shape index (κ3) is 2.24. The maximum Gasteiger partial charge on any atom is 0.179 e. The average Bonchev–Trinajstić information content (AvgIpc) is 2.32. The van der Waals surface area contributed by atoms with Gasteiger partial charge in [0.2, 0.25) is 0 Å². The van der Waals surface area contributed by atoms with Crippen molar-refractivity contribution in [2.75, 3.05) is 0 Å². The summed E-state index contributed by atoms with van der Waals surface area (Å²) < 4.78 is 41.0. The number of halogens is 3. The molecule has 17 heavy (non-hydrogen) atoms. The van der Waals surface area contributed by atoms with Crippen LogP contribution in [-0.2, 0) is 6.42 Å². The lowest BCUT2D eigenvalue weighted by Gasteiger charge is -2.22. The molecule has 0 radical (unpaired) electrons. The van der Waals surface area contributed by atoms with Crippen molar-refractivity contribution in [3.8, 4) is 0 Å². The summed E-state index contributed by atoms with van der Waals surface area (Å²) in [6, 6.07) is 4.39. The van der Waals surface area contributed by atoms with E-state index in [4.69, 9.17) is 0 Å². The van der Waals surface area contributed by atoms with Crippen molar-refractivity contribution in [3.63, 3.8) is 0 Å². The highest BCUT2D eigenvalue weighted by Gasteiger charge is 2.30. The number of rotatable bonds is 3. The third-order valence-electron chi connectivity index (χ3n) is 3.19. The first kappa shape index (κ1) is 12.2. The van der Waals surface area contributed by atoms with Gasteiger partial charge < -0.3 is 0 Å². The molecule has 0 nitrogen and oxygen atoms in total. The minimum Gasteiger partial charge on any atom is -0.234 e. The van der Waals surface area contributed by atoms with Crippen molar-refractivity contribution in [2.24, 2.45) is 0 Å². The van der Waals surface area contributed by atoms with E-state index in [1.54, 1.807) is 12.1 Å². The van der Waals surface area contributed by atoms with Crippen LogP contribution < -0.4 is 0 Å². The Labute approximate surface area is 99.2 Å². The number of benzene rings is 1. The molecule has 0 N–H and O–H groups in total. The maximum absolute atomic E-state index is 13.8. The summed E-state index contributed by atoms with van der Waals surface area (Å²) in [6.45, 7) is 2.00. The first-order valence-corrected chi connectivity index (χ1v) is 5.94. The second-order valence-corrected chi connectivity index (χ2v) is 4.41. The first-order chi connectivity index (χ1) is 8.15. The summed E-state index contributed by atoms with van der Waals surface area (Å²) in [7, 11) is 0. The Bertz CT molecular complexity index is 449. The number of alkyl halides is 1. The second kappa shape index (κ2) is 4.94. The van der Waals surface area contributed by atoms with Crippen molar-refractivity contribution in [2.45, 2.75) is 38.8 Å². The molecule has 1 aromatic rings. The Balaban J connectivity index is 2.35. The van der Waals surface area contributed by atoms with E-state index in [1.165, 1.54) is 6.07 Å². The van der Waals surface area contributed by atoms with Gasteiger partial charge in [0.1, 0.15) is 11.6 Å². The molecule has 0 heterocycles. The number of hydrogen-bond donors (Lipinski definition) is 0. The second-order valence-electron chi connectivity index (χ2n) is 4.41. The van der Waals surface area contributed by atoms with Crippen molar-refractivity contribution in [1.82, 2.24) is 0 Å². The van der Waals surface area contributed by atoms with Crippen molar-refractivity contribution < 1.29 is 13.2 Å². The zero-order chi connectivity index (χ0) is 12.4. The Kier molecular flexibility index (Phi) is 3.55. The van der Waals surface area contributed by atoms with Crippen molar-refractivity contribution in [3.05, 3.63) is 46.5 Å². The molecule has 1 aliphatic rings. The third-order valence-corrected chi connectivity index (χ3v) is 3.19. The molecule has 0 amide bonds. The predicted octanol–water partition coefficient (Wildman–Crippen LogP) is 4.81. The van der Waals surface area contributed by atoms with Crippen LogP contribution in [0.2, 0.25) is 0 Å². The summed E-state index contributed by atoms with van der Waals surface area (Å²) in [5.74, 6) is -1.43. The Hall–Kier alpha value is -1.25. The lowest BCUT2D eigenvalue weighted by atomic mass is 9.87. The molecule has 0 saturated carbocycles. The smallest absolute Gasteiger partial charge is 0.179 e. The van der Waals surface area contributed by atoms with Crippen LogP contribution in [0.15, 0.2) is 29.6 Å². The summed E-state index contributed by atoms with van der Waals surface area (Å²) in [5.41, 5.74) is 0.938. The maximum atomic E-state index is 13.8. The topological polar surface area (TPSA) is 0 Å². The molecule has 0 aromatic heterocycles. The van der Waals surface area contributed by atoms with Gasteiger partial charge >= 0.3 is 0 Å². The fourth-order valence-electron chi connectivity index (χ4n) is 2.24. The number of fused-ring (bicyclic) bond motifs is 1. The van der Waals surface area contributed by atoms with Crippen LogP contribution in [-0.4, -0.2) is 0 Å². The molecule has 1 aliphatic carbocycles. The number of unbranched alkanes of at least 4 members (excludes halogenated alkanes) is 1. The summed E-state index contributed by atoms with van der Waals surface area (Å²) in [4.78, 5) is 0. The molecule has 0 aliphatic heterocycles. The lowest BCUT2D eigenvalue weighted by Crippen LogP contribution is -2.12. The van der Waals surface area contributed by atoms with Gasteiger partial charge in [0.15, 0.2) is 6.17 Å². The van der Waals surface area contributed by atoms with E-state index in [2.05, 4.69) is 0 Å². The highest BCUT2D eigenvalue weighted by atomic mass is 19.2. The van der Waals surface area contributed by atoms with Gasteiger partial charge in [-0.2, -0.15) is 0 Å². The summed E-state index contributed by atoms with van der Waals surface area (Å²) in [5, 5.41) is 0. The molecule has 1 aromatic carbocycles. The molecule has 1 unspecified atom stereocenters. The van der Waals surface area contributed by atoms with Gasteiger partial charge in [-0.1, -0.05) is 25.5 Å². The Morgan fingerprint density at radius 3 is 2.76 bits per heavy atom. The van der Waals surface area contributed by atoms with Crippen LogP contribution in [0.25, 0.3) is 0 Å². The van der Waals surface area contributed by atoms with E-state index in [9.17, 15) is 13.2 Å². The summed E-state index contributed by atoms with van der Waals surface area (Å²) >= 11 is 0. The van der Waals surface area contributed by atoms with Crippen molar-refractivity contribution in [1.29, 1.82) is 0 Å². The average molecular weight is 240 g/mol. The van der Waals surface area contributed by atoms with Crippen LogP contribution in [0, 0.1) is 5.82 Å². The molecule has 1 atom stereocenters. The van der Waals surface area contributed by atoms with E-state index in [0.717, 1.165) is 12.8 Å². The first-order valence-electron chi connectivity index (χ1n) is 5.94. The number of hydrogen-bond acceptors (Lipinski definition) is 0. The zero-order valence-corrected chi connectivity index (χ0v) is 9.77. The predicted molar refractivity (Wildman–Crippen MR) is 61.6 cm³/mol.